The van der Waals surface area contributed by atoms with Crippen LogP contribution in [0, 0.1) is 0 Å². The standard InChI is InChI=1S/C26H24BrClN4O4S2/c1-29-26-31-23(16-37-26)18-5-12-24(36-2)22(13-18)30-25(33)15-32(14-17-3-6-19(27)7-4-17)38(34,35)21-10-8-20(28)9-11-21/h3-13,16H,14-15H2,1-2H3,(H,29,31)(H,30,33). The van der Waals surface area contributed by atoms with Gasteiger partial charge in [-0.05, 0) is 60.2 Å². The van der Waals surface area contributed by atoms with Gasteiger partial charge in [0.15, 0.2) is 5.13 Å². The Kier molecular flexibility index (Phi) is 9.06. The van der Waals surface area contributed by atoms with Gasteiger partial charge in [0.1, 0.15) is 5.75 Å². The highest BCUT2D eigenvalue weighted by Gasteiger charge is 2.27. The zero-order valence-electron chi connectivity index (χ0n) is 20.4. The normalized spacial score (nSPS) is 11.4. The highest BCUT2D eigenvalue weighted by Crippen LogP contribution is 2.32. The molecule has 0 aliphatic rings. The van der Waals surface area contributed by atoms with Crippen molar-refractivity contribution in [2.45, 2.75) is 11.4 Å². The van der Waals surface area contributed by atoms with Crippen LogP contribution in [0.2, 0.25) is 5.02 Å². The van der Waals surface area contributed by atoms with Crippen LogP contribution in [-0.4, -0.2) is 44.3 Å². The van der Waals surface area contributed by atoms with Crippen molar-refractivity contribution in [3.8, 4) is 17.0 Å². The molecule has 0 saturated carbocycles. The van der Waals surface area contributed by atoms with Gasteiger partial charge in [-0.15, -0.1) is 11.3 Å². The molecule has 3 aromatic carbocycles. The van der Waals surface area contributed by atoms with Crippen molar-refractivity contribution in [3.05, 3.63) is 87.2 Å². The Labute approximate surface area is 238 Å². The second kappa shape index (κ2) is 12.3. The highest BCUT2D eigenvalue weighted by atomic mass is 79.9. The van der Waals surface area contributed by atoms with Crippen molar-refractivity contribution in [2.24, 2.45) is 0 Å². The number of hydrogen-bond donors (Lipinski definition) is 2. The highest BCUT2D eigenvalue weighted by molar-refractivity contribution is 9.10. The Morgan fingerprint density at radius 2 is 1.82 bits per heavy atom. The van der Waals surface area contributed by atoms with Gasteiger partial charge in [0.05, 0.1) is 29.9 Å². The molecule has 198 valence electrons. The molecule has 4 rings (SSSR count). The van der Waals surface area contributed by atoms with Gasteiger partial charge in [0.25, 0.3) is 0 Å². The molecule has 1 amide bonds. The van der Waals surface area contributed by atoms with Crippen LogP contribution in [0.1, 0.15) is 5.56 Å². The smallest absolute Gasteiger partial charge is 0.243 e. The number of ether oxygens (including phenoxy) is 1. The van der Waals surface area contributed by atoms with Crippen LogP contribution in [0.3, 0.4) is 0 Å². The monoisotopic (exact) mass is 634 g/mol. The molecule has 1 heterocycles. The summed E-state index contributed by atoms with van der Waals surface area (Å²) < 4.78 is 34.5. The average Bonchev–Trinajstić information content (AvgIpc) is 3.39. The van der Waals surface area contributed by atoms with Crippen LogP contribution < -0.4 is 15.4 Å². The first-order valence-electron chi connectivity index (χ1n) is 11.3. The van der Waals surface area contributed by atoms with Crippen LogP contribution in [0.25, 0.3) is 11.3 Å². The summed E-state index contributed by atoms with van der Waals surface area (Å²) in [6.45, 7) is -0.427. The number of benzene rings is 3. The maximum atomic E-state index is 13.6. The van der Waals surface area contributed by atoms with Gasteiger partial charge in [0, 0.05) is 34.0 Å². The summed E-state index contributed by atoms with van der Waals surface area (Å²) in [5.41, 5.74) is 2.64. The number of carbonyl (C=O) groups excluding carboxylic acids is 1. The molecule has 0 aliphatic heterocycles. The number of nitrogens with zero attached hydrogens (tertiary/aromatic N) is 2. The molecule has 8 nitrogen and oxygen atoms in total. The van der Waals surface area contributed by atoms with Gasteiger partial charge in [-0.3, -0.25) is 4.79 Å². The van der Waals surface area contributed by atoms with E-state index in [0.29, 0.717) is 16.5 Å². The number of nitrogens with one attached hydrogen (secondary N) is 2. The summed E-state index contributed by atoms with van der Waals surface area (Å²) in [4.78, 5) is 17.8. The number of sulfonamides is 1. The van der Waals surface area contributed by atoms with Gasteiger partial charge in [-0.2, -0.15) is 4.31 Å². The number of amides is 1. The lowest BCUT2D eigenvalue weighted by Gasteiger charge is -2.22. The number of rotatable bonds is 10. The van der Waals surface area contributed by atoms with Crippen molar-refractivity contribution in [3.63, 3.8) is 0 Å². The fraction of sp³-hybridized carbons (Fsp3) is 0.154. The molecule has 1 aromatic heterocycles. The SMILES string of the molecule is CNc1nc(-c2ccc(OC)c(NC(=O)CN(Cc3ccc(Br)cc3)S(=O)(=O)c3ccc(Cl)cc3)c2)cs1. The lowest BCUT2D eigenvalue weighted by Crippen LogP contribution is -2.37. The Balaban J connectivity index is 1.61. The van der Waals surface area contributed by atoms with Crippen LogP contribution in [0.5, 0.6) is 5.75 Å². The fourth-order valence-electron chi connectivity index (χ4n) is 3.61. The first kappa shape index (κ1) is 28.1. The summed E-state index contributed by atoms with van der Waals surface area (Å²) in [6, 6.07) is 18.4. The Morgan fingerprint density at radius 1 is 1.11 bits per heavy atom. The second-order valence-corrected chi connectivity index (χ2v) is 12.3. The maximum absolute atomic E-state index is 13.6. The average molecular weight is 636 g/mol. The molecule has 12 heteroatoms. The van der Waals surface area contributed by atoms with Crippen molar-refractivity contribution < 1.29 is 17.9 Å². The van der Waals surface area contributed by atoms with E-state index in [1.807, 2.05) is 23.6 Å². The van der Waals surface area contributed by atoms with Crippen molar-refractivity contribution in [1.82, 2.24) is 9.29 Å². The zero-order chi connectivity index (χ0) is 27.3. The Hall–Kier alpha value is -2.96. The first-order chi connectivity index (χ1) is 18.2. The first-order valence-corrected chi connectivity index (χ1v) is 14.8. The Bertz CT molecular complexity index is 1530. The molecular formula is C26H24BrClN4O4S2. The topological polar surface area (TPSA) is 101 Å². The number of methoxy groups -OCH3 is 1. The van der Waals surface area contributed by atoms with Crippen molar-refractivity contribution >= 4 is 65.6 Å². The van der Waals surface area contributed by atoms with Gasteiger partial charge in [0.2, 0.25) is 15.9 Å². The summed E-state index contributed by atoms with van der Waals surface area (Å²) in [7, 11) is -0.736. The quantitative estimate of drug-likeness (QED) is 0.218. The van der Waals surface area contributed by atoms with Gasteiger partial charge in [-0.25, -0.2) is 13.4 Å². The second-order valence-electron chi connectivity index (χ2n) is 8.10. The lowest BCUT2D eigenvalue weighted by molar-refractivity contribution is -0.116. The molecule has 0 saturated heterocycles. The molecule has 0 atom stereocenters. The molecule has 0 radical (unpaired) electrons. The van der Waals surface area contributed by atoms with E-state index in [2.05, 4.69) is 31.5 Å². The lowest BCUT2D eigenvalue weighted by atomic mass is 10.1. The number of hydrogen-bond acceptors (Lipinski definition) is 7. The van der Waals surface area contributed by atoms with E-state index < -0.39 is 22.5 Å². The molecule has 0 bridgehead atoms. The third-order valence-corrected chi connectivity index (χ3v) is 8.98. The minimum atomic E-state index is -4.03. The zero-order valence-corrected chi connectivity index (χ0v) is 24.4. The molecule has 0 fully saturated rings. The van der Waals surface area contributed by atoms with E-state index in [0.717, 1.165) is 30.7 Å². The van der Waals surface area contributed by atoms with E-state index in [9.17, 15) is 13.2 Å². The minimum Gasteiger partial charge on any atom is -0.495 e. The van der Waals surface area contributed by atoms with Gasteiger partial charge < -0.3 is 15.4 Å². The number of carbonyl (C=O) groups is 1. The Morgan fingerprint density at radius 3 is 2.45 bits per heavy atom. The molecule has 0 unspecified atom stereocenters. The number of halogens is 2. The van der Waals surface area contributed by atoms with Crippen LogP contribution in [0.4, 0.5) is 10.8 Å². The molecule has 0 aliphatic carbocycles. The van der Waals surface area contributed by atoms with E-state index in [1.54, 1.807) is 31.3 Å². The largest absolute Gasteiger partial charge is 0.495 e. The third-order valence-electron chi connectivity index (χ3n) is 5.53. The van der Waals surface area contributed by atoms with E-state index in [4.69, 9.17) is 16.3 Å². The van der Waals surface area contributed by atoms with Gasteiger partial charge in [-0.1, -0.05) is 39.7 Å². The summed E-state index contributed by atoms with van der Waals surface area (Å²) in [5, 5.41) is 8.89. The third kappa shape index (κ3) is 6.72. The van der Waals surface area contributed by atoms with Crippen LogP contribution in [-0.2, 0) is 21.4 Å². The summed E-state index contributed by atoms with van der Waals surface area (Å²) >= 11 is 10.8. The van der Waals surface area contributed by atoms with Crippen molar-refractivity contribution in [2.75, 3.05) is 31.3 Å². The molecular weight excluding hydrogens is 612 g/mol. The molecule has 38 heavy (non-hydrogen) atoms. The molecule has 2 N–H and O–H groups in total. The van der Waals surface area contributed by atoms with Crippen LogP contribution >= 0.6 is 38.9 Å². The fourth-order valence-corrected chi connectivity index (χ4v) is 6.07. The molecule has 0 spiro atoms. The number of thiazole rings is 1. The minimum absolute atomic E-state index is 0.00550. The van der Waals surface area contributed by atoms with E-state index in [-0.39, 0.29) is 11.4 Å². The van der Waals surface area contributed by atoms with E-state index in [1.165, 1.54) is 42.7 Å². The van der Waals surface area contributed by atoms with E-state index >= 15 is 0 Å². The maximum Gasteiger partial charge on any atom is 0.243 e. The van der Waals surface area contributed by atoms with Crippen LogP contribution in [0.15, 0.2) is 81.5 Å². The molecule has 4 aromatic rings. The number of aromatic nitrogens is 1. The van der Waals surface area contributed by atoms with Crippen molar-refractivity contribution in [1.29, 1.82) is 0 Å². The predicted octanol–water partition coefficient (Wildman–Crippen LogP) is 6.11. The summed E-state index contributed by atoms with van der Waals surface area (Å²) in [5.74, 6) is -0.0875. The van der Waals surface area contributed by atoms with Gasteiger partial charge >= 0.3 is 0 Å². The summed E-state index contributed by atoms with van der Waals surface area (Å²) in [6.07, 6.45) is 0. The number of anilines is 2. The predicted molar refractivity (Wildman–Crippen MR) is 155 cm³/mol.